The lowest BCUT2D eigenvalue weighted by molar-refractivity contribution is 0.783. The van der Waals surface area contributed by atoms with E-state index >= 15 is 0 Å². The largest absolute Gasteiger partial charge is 0.355 e. The molecule has 0 aliphatic carbocycles. The van der Waals surface area contributed by atoms with Crippen molar-refractivity contribution in [1.29, 1.82) is 0 Å². The van der Waals surface area contributed by atoms with Gasteiger partial charge in [-0.2, -0.15) is 0 Å². The smallest absolute Gasteiger partial charge is 0.191 e. The quantitative estimate of drug-likeness (QED) is 0.227. The zero-order chi connectivity index (χ0) is 18.2. The van der Waals surface area contributed by atoms with E-state index in [2.05, 4.69) is 63.9 Å². The Labute approximate surface area is 182 Å². The van der Waals surface area contributed by atoms with Crippen molar-refractivity contribution < 1.29 is 0 Å². The lowest BCUT2D eigenvalue weighted by atomic mass is 10.1. The van der Waals surface area contributed by atoms with Gasteiger partial charge in [0, 0.05) is 35.3 Å². The molecule has 0 saturated heterocycles. The van der Waals surface area contributed by atoms with E-state index in [4.69, 9.17) is 0 Å². The fourth-order valence-corrected chi connectivity index (χ4v) is 3.67. The van der Waals surface area contributed by atoms with Crippen LogP contribution in [0.25, 0.3) is 10.8 Å². The number of benzene rings is 2. The Balaban J connectivity index is 0.00000261. The summed E-state index contributed by atoms with van der Waals surface area (Å²) in [5, 5.41) is 9.57. The van der Waals surface area contributed by atoms with Gasteiger partial charge in [0.15, 0.2) is 5.96 Å². The van der Waals surface area contributed by atoms with Crippen molar-refractivity contribution in [3.63, 3.8) is 0 Å². The molecule has 1 unspecified atom stereocenters. The Morgan fingerprint density at radius 3 is 2.56 bits per heavy atom. The highest BCUT2D eigenvalue weighted by Crippen LogP contribution is 2.22. The first-order chi connectivity index (χ1) is 12.8. The van der Waals surface area contributed by atoms with Gasteiger partial charge in [-0.3, -0.25) is 9.98 Å². The maximum atomic E-state index is 4.51. The second-order valence-corrected chi connectivity index (χ2v) is 7.54. The fraction of sp³-hybridized carbons (Fsp3) is 0.238. The van der Waals surface area contributed by atoms with Crippen molar-refractivity contribution in [1.82, 2.24) is 15.6 Å². The van der Waals surface area contributed by atoms with Gasteiger partial charge in [0.25, 0.3) is 0 Å². The zero-order valence-corrected chi connectivity index (χ0v) is 18.7. The van der Waals surface area contributed by atoms with E-state index in [0.717, 1.165) is 18.2 Å². The van der Waals surface area contributed by atoms with Crippen LogP contribution in [0.3, 0.4) is 0 Å². The summed E-state index contributed by atoms with van der Waals surface area (Å²) < 4.78 is 0. The number of halogens is 1. The molecule has 3 rings (SSSR count). The van der Waals surface area contributed by atoms with E-state index in [1.54, 1.807) is 7.05 Å². The van der Waals surface area contributed by atoms with Crippen LogP contribution in [-0.2, 0) is 6.54 Å². The summed E-state index contributed by atoms with van der Waals surface area (Å²) in [5.74, 6) is 0.792. The number of rotatable bonds is 6. The van der Waals surface area contributed by atoms with Gasteiger partial charge in [-0.1, -0.05) is 49.4 Å². The number of fused-ring (bicyclic) bond motifs is 1. The molecule has 0 saturated carbocycles. The van der Waals surface area contributed by atoms with Crippen LogP contribution in [-0.4, -0.2) is 29.8 Å². The topological polar surface area (TPSA) is 49.3 Å². The SMILES string of the molecule is CN=C(NCc1nccc2ccccc12)NCC(C)Sc1ccccc1.I. The molecule has 4 nitrogen and oxygen atoms in total. The number of nitrogens with zero attached hydrogens (tertiary/aromatic N) is 2. The summed E-state index contributed by atoms with van der Waals surface area (Å²) in [4.78, 5) is 10.1. The minimum atomic E-state index is 0. The highest BCUT2D eigenvalue weighted by atomic mass is 127. The Morgan fingerprint density at radius 2 is 1.78 bits per heavy atom. The molecule has 0 aliphatic heterocycles. The predicted molar refractivity (Wildman–Crippen MR) is 127 cm³/mol. The van der Waals surface area contributed by atoms with Gasteiger partial charge in [0.05, 0.1) is 12.2 Å². The molecule has 0 radical (unpaired) electrons. The summed E-state index contributed by atoms with van der Waals surface area (Å²) in [7, 11) is 1.79. The van der Waals surface area contributed by atoms with Crippen LogP contribution in [0.4, 0.5) is 0 Å². The van der Waals surface area contributed by atoms with Crippen LogP contribution < -0.4 is 10.6 Å². The van der Waals surface area contributed by atoms with Crippen molar-refractivity contribution >= 4 is 52.5 Å². The number of hydrogen-bond donors (Lipinski definition) is 2. The third-order valence-corrected chi connectivity index (χ3v) is 5.15. The molecule has 0 aliphatic rings. The third-order valence-electron chi connectivity index (χ3n) is 4.04. The minimum absolute atomic E-state index is 0. The molecule has 0 spiro atoms. The second-order valence-electron chi connectivity index (χ2n) is 6.03. The molecule has 0 amide bonds. The van der Waals surface area contributed by atoms with E-state index in [-0.39, 0.29) is 24.0 Å². The van der Waals surface area contributed by atoms with E-state index < -0.39 is 0 Å². The summed E-state index contributed by atoms with van der Waals surface area (Å²) in [6.07, 6.45) is 1.86. The lowest BCUT2D eigenvalue weighted by Gasteiger charge is -2.16. The Bertz CT molecular complexity index is 865. The summed E-state index contributed by atoms with van der Waals surface area (Å²) in [6.45, 7) is 3.69. The van der Waals surface area contributed by atoms with E-state index in [1.165, 1.54) is 15.7 Å². The van der Waals surface area contributed by atoms with Gasteiger partial charge in [-0.05, 0) is 23.6 Å². The van der Waals surface area contributed by atoms with Gasteiger partial charge >= 0.3 is 0 Å². The molecular weight excluding hydrogens is 467 g/mol. The molecule has 0 bridgehead atoms. The van der Waals surface area contributed by atoms with Crippen molar-refractivity contribution in [2.24, 2.45) is 4.99 Å². The molecule has 1 atom stereocenters. The highest BCUT2D eigenvalue weighted by molar-refractivity contribution is 14.0. The van der Waals surface area contributed by atoms with E-state index in [1.807, 2.05) is 42.2 Å². The van der Waals surface area contributed by atoms with Crippen LogP contribution in [0, 0.1) is 0 Å². The molecule has 2 aromatic carbocycles. The number of thioether (sulfide) groups is 1. The summed E-state index contributed by atoms with van der Waals surface area (Å²) >= 11 is 1.85. The summed E-state index contributed by atoms with van der Waals surface area (Å²) in [5.41, 5.74) is 1.03. The maximum absolute atomic E-state index is 4.51. The van der Waals surface area contributed by atoms with Crippen LogP contribution in [0.15, 0.2) is 76.7 Å². The lowest BCUT2D eigenvalue weighted by Crippen LogP contribution is -2.39. The Kier molecular flexibility index (Phi) is 8.87. The molecule has 27 heavy (non-hydrogen) atoms. The molecular formula is C21H25IN4S. The molecule has 1 aromatic heterocycles. The molecule has 142 valence electrons. The van der Waals surface area contributed by atoms with Crippen LogP contribution in [0.2, 0.25) is 0 Å². The van der Waals surface area contributed by atoms with Gasteiger partial charge in [-0.25, -0.2) is 0 Å². The minimum Gasteiger partial charge on any atom is -0.355 e. The third kappa shape index (κ3) is 6.39. The van der Waals surface area contributed by atoms with Crippen molar-refractivity contribution in [2.45, 2.75) is 23.6 Å². The second kappa shape index (κ2) is 11.1. The summed E-state index contributed by atoms with van der Waals surface area (Å²) in [6, 6.07) is 20.8. The average molecular weight is 492 g/mol. The van der Waals surface area contributed by atoms with Crippen LogP contribution in [0.1, 0.15) is 12.6 Å². The molecule has 6 heteroatoms. The van der Waals surface area contributed by atoms with Crippen LogP contribution in [0.5, 0.6) is 0 Å². The van der Waals surface area contributed by atoms with Gasteiger partial charge in [0.1, 0.15) is 0 Å². The molecule has 3 aromatic rings. The number of aliphatic imine (C=N–C) groups is 1. The predicted octanol–water partition coefficient (Wildman–Crippen LogP) is 4.70. The molecule has 1 heterocycles. The first kappa shape index (κ1) is 21.5. The van der Waals surface area contributed by atoms with Crippen molar-refractivity contribution in [3.05, 3.63) is 72.6 Å². The number of nitrogens with one attached hydrogen (secondary N) is 2. The van der Waals surface area contributed by atoms with Gasteiger partial charge < -0.3 is 10.6 Å². The van der Waals surface area contributed by atoms with Crippen molar-refractivity contribution in [2.75, 3.05) is 13.6 Å². The number of pyridine rings is 1. The normalized spacial score (nSPS) is 12.3. The maximum Gasteiger partial charge on any atom is 0.191 e. The molecule has 2 N–H and O–H groups in total. The number of guanidine groups is 1. The first-order valence-electron chi connectivity index (χ1n) is 8.75. The monoisotopic (exact) mass is 492 g/mol. The van der Waals surface area contributed by atoms with Crippen molar-refractivity contribution in [3.8, 4) is 0 Å². The first-order valence-corrected chi connectivity index (χ1v) is 9.63. The molecule has 0 fully saturated rings. The fourth-order valence-electron chi connectivity index (χ4n) is 2.72. The zero-order valence-electron chi connectivity index (χ0n) is 15.6. The van der Waals surface area contributed by atoms with E-state index in [9.17, 15) is 0 Å². The Morgan fingerprint density at radius 1 is 1.04 bits per heavy atom. The highest BCUT2D eigenvalue weighted by Gasteiger charge is 2.07. The van der Waals surface area contributed by atoms with Gasteiger partial charge in [-0.15, -0.1) is 35.7 Å². The average Bonchev–Trinajstić information content (AvgIpc) is 2.69. The standard InChI is InChI=1S/C21H24N4S.HI/c1-16(26-18-9-4-3-5-10-18)14-24-21(22-2)25-15-20-19-11-7-6-8-17(19)12-13-23-20;/h3-13,16H,14-15H2,1-2H3,(H2,22,24,25);1H. The number of aromatic nitrogens is 1. The Hall–Kier alpha value is -1.80. The number of hydrogen-bond acceptors (Lipinski definition) is 3. The van der Waals surface area contributed by atoms with Gasteiger partial charge in [0.2, 0.25) is 0 Å². The van der Waals surface area contributed by atoms with E-state index in [0.29, 0.717) is 11.8 Å². The van der Waals surface area contributed by atoms with Crippen LogP contribution >= 0.6 is 35.7 Å².